The molecule has 184 valence electrons. The van der Waals surface area contributed by atoms with Crippen molar-refractivity contribution in [3.8, 4) is 28.5 Å². The Hall–Kier alpha value is -4.26. The molecule has 2 N–H and O–H groups in total. The van der Waals surface area contributed by atoms with Crippen molar-refractivity contribution in [3.63, 3.8) is 0 Å². The van der Waals surface area contributed by atoms with Gasteiger partial charge < -0.3 is 19.5 Å². The summed E-state index contributed by atoms with van der Waals surface area (Å²) in [6, 6.07) is 17.2. The summed E-state index contributed by atoms with van der Waals surface area (Å²) in [7, 11) is 3.18. The number of aromatic amines is 1. The van der Waals surface area contributed by atoms with Crippen LogP contribution in [0.2, 0.25) is 0 Å². The number of aryl methyl sites for hydroxylation is 3. The molecule has 1 aliphatic rings. The van der Waals surface area contributed by atoms with Crippen molar-refractivity contribution in [2.24, 2.45) is 0 Å². The molecule has 0 bridgehead atoms. The summed E-state index contributed by atoms with van der Waals surface area (Å²) >= 11 is 0. The molecule has 7 nitrogen and oxygen atoms in total. The number of amides is 1. The minimum Gasteiger partial charge on any atom is -0.507 e. The molecule has 0 saturated heterocycles. The average Bonchev–Trinajstić information content (AvgIpc) is 3.41. The number of methoxy groups -OCH3 is 2. The number of rotatable bonds is 6. The van der Waals surface area contributed by atoms with Gasteiger partial charge in [-0.2, -0.15) is 5.10 Å². The van der Waals surface area contributed by atoms with E-state index in [9.17, 15) is 9.90 Å². The van der Waals surface area contributed by atoms with Crippen molar-refractivity contribution in [2.45, 2.75) is 33.4 Å². The zero-order valence-corrected chi connectivity index (χ0v) is 21.0. The summed E-state index contributed by atoms with van der Waals surface area (Å²) in [5.41, 5.74) is 7.12. The summed E-state index contributed by atoms with van der Waals surface area (Å²) in [5, 5.41) is 18.4. The molecule has 2 heterocycles. The molecule has 0 fully saturated rings. The Labute approximate surface area is 210 Å². The number of H-pyrrole nitrogens is 1. The number of nitrogens with zero attached hydrogens (tertiary/aromatic N) is 2. The van der Waals surface area contributed by atoms with E-state index < -0.39 is 6.04 Å². The summed E-state index contributed by atoms with van der Waals surface area (Å²) < 4.78 is 11.0. The fourth-order valence-corrected chi connectivity index (χ4v) is 4.97. The minimum atomic E-state index is -0.442. The molecule has 0 radical (unpaired) electrons. The number of aromatic hydroxyl groups is 1. The van der Waals surface area contributed by atoms with Crippen LogP contribution in [0.15, 0.2) is 54.6 Å². The predicted molar refractivity (Wildman–Crippen MR) is 138 cm³/mol. The molecule has 1 amide bonds. The molecule has 1 unspecified atom stereocenters. The SMILES string of the molecule is COc1ccc(C2c3c(-c4cc(C)cc(C)c4O)n[nH]c3C(=O)N2Cc2ccc(C)cc2)cc1OC. The number of hydrogen-bond donors (Lipinski definition) is 2. The zero-order chi connectivity index (χ0) is 25.6. The monoisotopic (exact) mass is 483 g/mol. The van der Waals surface area contributed by atoms with Crippen molar-refractivity contribution < 1.29 is 19.4 Å². The van der Waals surface area contributed by atoms with Gasteiger partial charge in [0.05, 0.1) is 20.3 Å². The number of fused-ring (bicyclic) bond motifs is 1. The van der Waals surface area contributed by atoms with E-state index in [0.29, 0.717) is 35.0 Å². The zero-order valence-electron chi connectivity index (χ0n) is 21.0. The van der Waals surface area contributed by atoms with E-state index in [1.165, 1.54) is 0 Å². The highest BCUT2D eigenvalue weighted by atomic mass is 16.5. The standard InChI is InChI=1S/C29H29N3O4/c1-16-6-8-19(9-7-16)15-32-27(20-10-11-22(35-4)23(14-20)36-5)24-25(30-31-26(24)29(32)34)21-13-17(2)12-18(3)28(21)33/h6-14,27,33H,15H2,1-5H3,(H,30,31). The first-order valence-corrected chi connectivity index (χ1v) is 11.8. The number of benzene rings is 3. The fraction of sp³-hybridized carbons (Fsp3) is 0.241. The molecule has 4 aromatic rings. The van der Waals surface area contributed by atoms with Crippen LogP contribution >= 0.6 is 0 Å². The van der Waals surface area contributed by atoms with Crippen LogP contribution in [0.4, 0.5) is 0 Å². The number of carbonyl (C=O) groups excluding carboxylic acids is 1. The molecule has 0 saturated carbocycles. The summed E-state index contributed by atoms with van der Waals surface area (Å²) in [6.45, 7) is 6.29. The average molecular weight is 484 g/mol. The Morgan fingerprint density at radius 3 is 2.36 bits per heavy atom. The summed E-state index contributed by atoms with van der Waals surface area (Å²) in [6.07, 6.45) is 0. The van der Waals surface area contributed by atoms with Crippen molar-refractivity contribution in [3.05, 3.63) is 93.7 Å². The number of aromatic nitrogens is 2. The Kier molecular flexibility index (Phi) is 5.92. The van der Waals surface area contributed by atoms with Gasteiger partial charge in [0.25, 0.3) is 5.91 Å². The van der Waals surface area contributed by atoms with Gasteiger partial charge in [-0.1, -0.05) is 42.0 Å². The second-order valence-electron chi connectivity index (χ2n) is 9.27. The van der Waals surface area contributed by atoms with Crippen molar-refractivity contribution >= 4 is 5.91 Å². The molecule has 1 aromatic heterocycles. The quantitative estimate of drug-likeness (QED) is 0.380. The van der Waals surface area contributed by atoms with E-state index in [2.05, 4.69) is 10.2 Å². The third-order valence-electron chi connectivity index (χ3n) is 6.76. The number of hydrogen-bond acceptors (Lipinski definition) is 5. The number of phenols is 1. The van der Waals surface area contributed by atoms with Gasteiger partial charge in [-0.05, 0) is 61.2 Å². The molecule has 1 aliphatic heterocycles. The predicted octanol–water partition coefficient (Wildman–Crippen LogP) is 5.47. The highest BCUT2D eigenvalue weighted by molar-refractivity contribution is 6.00. The second-order valence-corrected chi connectivity index (χ2v) is 9.27. The minimum absolute atomic E-state index is 0.145. The van der Waals surface area contributed by atoms with Crippen LogP contribution < -0.4 is 9.47 Å². The maximum Gasteiger partial charge on any atom is 0.273 e. The highest BCUT2D eigenvalue weighted by Crippen LogP contribution is 2.47. The van der Waals surface area contributed by atoms with Gasteiger partial charge in [0.1, 0.15) is 17.1 Å². The smallest absolute Gasteiger partial charge is 0.273 e. The molecule has 7 heteroatoms. The van der Waals surface area contributed by atoms with Crippen LogP contribution in [0.5, 0.6) is 17.2 Å². The number of phenolic OH excluding ortho intramolecular Hbond substituents is 1. The maximum absolute atomic E-state index is 13.7. The molecule has 1 atom stereocenters. The molecular weight excluding hydrogens is 454 g/mol. The van der Waals surface area contributed by atoms with Crippen LogP contribution in [-0.4, -0.2) is 40.3 Å². The Balaban J connectivity index is 1.70. The molecule has 36 heavy (non-hydrogen) atoms. The van der Waals surface area contributed by atoms with Crippen LogP contribution in [-0.2, 0) is 6.54 Å². The lowest BCUT2D eigenvalue weighted by Gasteiger charge is -2.27. The number of carbonyl (C=O) groups is 1. The van der Waals surface area contributed by atoms with E-state index in [-0.39, 0.29) is 11.7 Å². The molecule has 0 aliphatic carbocycles. The fourth-order valence-electron chi connectivity index (χ4n) is 4.97. The van der Waals surface area contributed by atoms with Gasteiger partial charge >= 0.3 is 0 Å². The van der Waals surface area contributed by atoms with Crippen molar-refractivity contribution in [1.29, 1.82) is 0 Å². The van der Waals surface area contributed by atoms with Gasteiger partial charge in [-0.3, -0.25) is 9.89 Å². The molecule has 0 spiro atoms. The normalized spacial score (nSPS) is 14.8. The first-order chi connectivity index (χ1) is 17.3. The molecule has 5 rings (SSSR count). The Morgan fingerprint density at radius 2 is 1.67 bits per heavy atom. The number of nitrogens with one attached hydrogen (secondary N) is 1. The van der Waals surface area contributed by atoms with Crippen molar-refractivity contribution in [1.82, 2.24) is 15.1 Å². The van der Waals surface area contributed by atoms with E-state index in [1.54, 1.807) is 14.2 Å². The topological polar surface area (TPSA) is 87.7 Å². The largest absolute Gasteiger partial charge is 0.507 e. The van der Waals surface area contributed by atoms with E-state index in [1.807, 2.05) is 80.3 Å². The Morgan fingerprint density at radius 1 is 0.944 bits per heavy atom. The second kappa shape index (κ2) is 9.07. The highest BCUT2D eigenvalue weighted by Gasteiger charge is 2.43. The van der Waals surface area contributed by atoms with E-state index in [0.717, 1.165) is 33.4 Å². The van der Waals surface area contributed by atoms with Gasteiger partial charge in [0, 0.05) is 17.7 Å². The van der Waals surface area contributed by atoms with Gasteiger partial charge in [-0.25, -0.2) is 0 Å². The summed E-state index contributed by atoms with van der Waals surface area (Å²) in [5.74, 6) is 1.19. The third kappa shape index (κ3) is 3.86. The van der Waals surface area contributed by atoms with Crippen LogP contribution in [0.25, 0.3) is 11.3 Å². The molecular formula is C29H29N3O4. The van der Waals surface area contributed by atoms with Crippen LogP contribution in [0.1, 0.15) is 49.9 Å². The van der Waals surface area contributed by atoms with Crippen LogP contribution in [0, 0.1) is 20.8 Å². The molecule has 3 aromatic carbocycles. The van der Waals surface area contributed by atoms with Crippen molar-refractivity contribution in [2.75, 3.05) is 14.2 Å². The first kappa shape index (κ1) is 23.5. The third-order valence-corrected chi connectivity index (χ3v) is 6.76. The number of ether oxygens (including phenoxy) is 2. The lowest BCUT2D eigenvalue weighted by Crippen LogP contribution is -2.29. The lowest BCUT2D eigenvalue weighted by atomic mass is 9.93. The lowest BCUT2D eigenvalue weighted by molar-refractivity contribution is 0.0730. The van der Waals surface area contributed by atoms with Crippen LogP contribution in [0.3, 0.4) is 0 Å². The van der Waals surface area contributed by atoms with Gasteiger partial charge in [0.2, 0.25) is 0 Å². The Bertz CT molecular complexity index is 1460. The first-order valence-electron chi connectivity index (χ1n) is 11.8. The van der Waals surface area contributed by atoms with E-state index in [4.69, 9.17) is 9.47 Å². The van der Waals surface area contributed by atoms with E-state index >= 15 is 0 Å². The summed E-state index contributed by atoms with van der Waals surface area (Å²) in [4.78, 5) is 15.6. The van der Waals surface area contributed by atoms with Gasteiger partial charge in [0.15, 0.2) is 11.5 Å². The maximum atomic E-state index is 13.7. The van der Waals surface area contributed by atoms with Gasteiger partial charge in [-0.15, -0.1) is 0 Å².